The molecule has 1 amide bonds. The summed E-state index contributed by atoms with van der Waals surface area (Å²) in [5.41, 5.74) is 7.18. The van der Waals surface area contributed by atoms with Crippen LogP contribution in [0.25, 0.3) is 0 Å². The first-order chi connectivity index (χ1) is 8.06. The fourth-order valence-electron chi connectivity index (χ4n) is 1.35. The molecule has 0 radical (unpaired) electrons. The second-order valence-corrected chi connectivity index (χ2v) is 5.03. The Morgan fingerprint density at radius 3 is 2.47 bits per heavy atom. The van der Waals surface area contributed by atoms with E-state index in [4.69, 9.17) is 18.0 Å². The molecule has 0 aliphatic rings. The van der Waals surface area contributed by atoms with Gasteiger partial charge in [0, 0.05) is 30.5 Å². The molecule has 0 spiro atoms. The molecule has 1 rings (SSSR count). The van der Waals surface area contributed by atoms with Gasteiger partial charge in [-0.05, 0) is 30.5 Å². The molecular weight excluding hydrogens is 252 g/mol. The van der Waals surface area contributed by atoms with Crippen molar-refractivity contribution in [2.24, 2.45) is 5.73 Å². The van der Waals surface area contributed by atoms with Crippen molar-refractivity contribution in [2.75, 3.05) is 24.0 Å². The van der Waals surface area contributed by atoms with E-state index in [0.29, 0.717) is 11.4 Å². The molecule has 0 heterocycles. The zero-order chi connectivity index (χ0) is 12.8. The zero-order valence-electron chi connectivity index (χ0n) is 9.97. The summed E-state index contributed by atoms with van der Waals surface area (Å²) in [6.45, 7) is 0. The largest absolute Gasteiger partial charge is 0.389 e. The van der Waals surface area contributed by atoms with E-state index in [2.05, 4.69) is 0 Å². The number of nitrogens with zero attached hydrogens (tertiary/aromatic N) is 1. The maximum atomic E-state index is 11.8. The van der Waals surface area contributed by atoms with Gasteiger partial charge in [0.15, 0.2) is 0 Å². The van der Waals surface area contributed by atoms with Gasteiger partial charge in [0.2, 0.25) is 5.91 Å². The van der Waals surface area contributed by atoms with Crippen LogP contribution in [0, 0.1) is 0 Å². The van der Waals surface area contributed by atoms with Crippen LogP contribution < -0.4 is 10.6 Å². The van der Waals surface area contributed by atoms with E-state index < -0.39 is 0 Å². The average molecular weight is 268 g/mol. The highest BCUT2D eigenvalue weighted by atomic mass is 32.2. The Morgan fingerprint density at radius 1 is 1.41 bits per heavy atom. The molecule has 3 nitrogen and oxygen atoms in total. The summed E-state index contributed by atoms with van der Waals surface area (Å²) >= 11 is 6.54. The molecule has 1 aromatic rings. The topological polar surface area (TPSA) is 46.3 Å². The van der Waals surface area contributed by atoms with Crippen molar-refractivity contribution in [3.05, 3.63) is 29.8 Å². The third kappa shape index (κ3) is 4.02. The van der Waals surface area contributed by atoms with E-state index in [-0.39, 0.29) is 5.91 Å². The SMILES string of the molecule is CSCCC(=O)N(C)c1ccc(C(N)=S)cc1. The van der Waals surface area contributed by atoms with Crippen molar-refractivity contribution in [1.29, 1.82) is 0 Å². The van der Waals surface area contributed by atoms with Gasteiger partial charge in [-0.15, -0.1) is 0 Å². The number of carbonyl (C=O) groups is 1. The molecule has 92 valence electrons. The number of rotatable bonds is 5. The van der Waals surface area contributed by atoms with Gasteiger partial charge in [0.25, 0.3) is 0 Å². The van der Waals surface area contributed by atoms with E-state index in [1.54, 1.807) is 23.7 Å². The molecule has 0 bridgehead atoms. The summed E-state index contributed by atoms with van der Waals surface area (Å²) in [6.07, 6.45) is 2.54. The minimum absolute atomic E-state index is 0.113. The first kappa shape index (κ1) is 14.0. The lowest BCUT2D eigenvalue weighted by atomic mass is 10.2. The van der Waals surface area contributed by atoms with Crippen LogP contribution in [0.5, 0.6) is 0 Å². The molecule has 1 aromatic carbocycles. The van der Waals surface area contributed by atoms with Crippen LogP contribution in [0.4, 0.5) is 5.69 Å². The molecule has 2 N–H and O–H groups in total. The smallest absolute Gasteiger partial charge is 0.227 e. The van der Waals surface area contributed by atoms with Crippen LogP contribution >= 0.6 is 24.0 Å². The Morgan fingerprint density at radius 2 is 2.00 bits per heavy atom. The molecular formula is C12H16N2OS2. The minimum Gasteiger partial charge on any atom is -0.389 e. The number of anilines is 1. The van der Waals surface area contributed by atoms with Gasteiger partial charge in [0.1, 0.15) is 4.99 Å². The molecule has 0 aliphatic heterocycles. The van der Waals surface area contributed by atoms with Crippen LogP contribution in [-0.2, 0) is 4.79 Å². The third-order valence-electron chi connectivity index (χ3n) is 2.43. The van der Waals surface area contributed by atoms with Crippen molar-refractivity contribution in [3.63, 3.8) is 0 Å². The Kier molecular flexibility index (Phi) is 5.44. The zero-order valence-corrected chi connectivity index (χ0v) is 11.6. The molecule has 0 saturated heterocycles. The van der Waals surface area contributed by atoms with Crippen LogP contribution in [-0.4, -0.2) is 30.0 Å². The number of hydrogen-bond acceptors (Lipinski definition) is 3. The molecule has 17 heavy (non-hydrogen) atoms. The summed E-state index contributed by atoms with van der Waals surface area (Å²) in [7, 11) is 1.78. The Hall–Kier alpha value is -1.07. The highest BCUT2D eigenvalue weighted by Crippen LogP contribution is 2.15. The monoisotopic (exact) mass is 268 g/mol. The van der Waals surface area contributed by atoms with Gasteiger partial charge >= 0.3 is 0 Å². The maximum absolute atomic E-state index is 11.8. The van der Waals surface area contributed by atoms with Gasteiger partial charge in [-0.2, -0.15) is 11.8 Å². The van der Waals surface area contributed by atoms with Gasteiger partial charge < -0.3 is 10.6 Å². The van der Waals surface area contributed by atoms with E-state index >= 15 is 0 Å². The molecule has 5 heteroatoms. The number of benzene rings is 1. The lowest BCUT2D eigenvalue weighted by Crippen LogP contribution is -2.26. The summed E-state index contributed by atoms with van der Waals surface area (Å²) in [4.78, 5) is 13.8. The second kappa shape index (κ2) is 6.61. The Balaban J connectivity index is 2.72. The number of carbonyl (C=O) groups excluding carboxylic acids is 1. The minimum atomic E-state index is 0.113. The van der Waals surface area contributed by atoms with Crippen LogP contribution in [0.3, 0.4) is 0 Å². The van der Waals surface area contributed by atoms with Crippen molar-refractivity contribution >= 4 is 40.6 Å². The normalized spacial score (nSPS) is 10.0. The van der Waals surface area contributed by atoms with Crippen molar-refractivity contribution in [1.82, 2.24) is 0 Å². The Labute approximate surface area is 111 Å². The van der Waals surface area contributed by atoms with E-state index in [1.807, 2.05) is 30.5 Å². The second-order valence-electron chi connectivity index (χ2n) is 3.61. The van der Waals surface area contributed by atoms with Crippen LogP contribution in [0.1, 0.15) is 12.0 Å². The molecule has 0 fully saturated rings. The Bertz CT molecular complexity index is 403. The van der Waals surface area contributed by atoms with Crippen molar-refractivity contribution in [3.8, 4) is 0 Å². The van der Waals surface area contributed by atoms with E-state index in [0.717, 1.165) is 17.0 Å². The number of hydrogen-bond donors (Lipinski definition) is 1. The summed E-state index contributed by atoms with van der Waals surface area (Å²) in [6, 6.07) is 7.36. The molecule has 0 aliphatic carbocycles. The van der Waals surface area contributed by atoms with Crippen LogP contribution in [0.15, 0.2) is 24.3 Å². The molecule has 0 unspecified atom stereocenters. The lowest BCUT2D eigenvalue weighted by molar-refractivity contribution is -0.117. The quantitative estimate of drug-likeness (QED) is 0.830. The predicted octanol–water partition coefficient (Wildman–Crippen LogP) is 2.04. The highest BCUT2D eigenvalue weighted by Gasteiger charge is 2.10. The highest BCUT2D eigenvalue weighted by molar-refractivity contribution is 7.98. The average Bonchev–Trinajstić information content (AvgIpc) is 2.35. The number of nitrogens with two attached hydrogens (primary N) is 1. The fourth-order valence-corrected chi connectivity index (χ4v) is 1.87. The molecule has 0 atom stereocenters. The van der Waals surface area contributed by atoms with Gasteiger partial charge in [-0.1, -0.05) is 12.2 Å². The predicted molar refractivity (Wildman–Crippen MR) is 78.7 cm³/mol. The standard InChI is InChI=1S/C12H16N2OS2/c1-14(11(15)7-8-17-2)10-5-3-9(4-6-10)12(13)16/h3-6H,7-8H2,1-2H3,(H2,13,16). The summed E-state index contributed by atoms with van der Waals surface area (Å²) < 4.78 is 0. The number of thiocarbonyl (C=S) groups is 1. The number of thioether (sulfide) groups is 1. The lowest BCUT2D eigenvalue weighted by Gasteiger charge is -2.17. The van der Waals surface area contributed by atoms with Crippen molar-refractivity contribution in [2.45, 2.75) is 6.42 Å². The first-order valence-corrected chi connectivity index (χ1v) is 7.02. The van der Waals surface area contributed by atoms with Gasteiger partial charge in [-0.3, -0.25) is 4.79 Å². The van der Waals surface area contributed by atoms with Gasteiger partial charge in [-0.25, -0.2) is 0 Å². The fraction of sp³-hybridized carbons (Fsp3) is 0.333. The molecule has 0 aromatic heterocycles. The first-order valence-electron chi connectivity index (χ1n) is 5.21. The molecule has 0 saturated carbocycles. The maximum Gasteiger partial charge on any atom is 0.227 e. The summed E-state index contributed by atoms with van der Waals surface area (Å²) in [5, 5.41) is 0. The van der Waals surface area contributed by atoms with Crippen molar-refractivity contribution < 1.29 is 4.79 Å². The number of amides is 1. The van der Waals surface area contributed by atoms with Crippen LogP contribution in [0.2, 0.25) is 0 Å². The van der Waals surface area contributed by atoms with E-state index in [1.165, 1.54) is 0 Å². The van der Waals surface area contributed by atoms with Gasteiger partial charge in [0.05, 0.1) is 0 Å². The van der Waals surface area contributed by atoms with E-state index in [9.17, 15) is 4.79 Å². The third-order valence-corrected chi connectivity index (χ3v) is 3.28. The summed E-state index contributed by atoms with van der Waals surface area (Å²) in [5.74, 6) is 0.955.